The summed E-state index contributed by atoms with van der Waals surface area (Å²) in [5, 5.41) is 9.15. The molecule has 0 radical (unpaired) electrons. The first-order valence-corrected chi connectivity index (χ1v) is 6.31. The Balaban J connectivity index is 1.79. The van der Waals surface area contributed by atoms with Crippen molar-refractivity contribution in [3.8, 4) is 0 Å². The zero-order valence-corrected chi connectivity index (χ0v) is 10.2. The third-order valence-corrected chi connectivity index (χ3v) is 3.92. The van der Waals surface area contributed by atoms with E-state index in [1.165, 1.54) is 0 Å². The van der Waals surface area contributed by atoms with Gasteiger partial charge in [-0.05, 0) is 18.6 Å². The van der Waals surface area contributed by atoms with Crippen molar-refractivity contribution in [1.82, 2.24) is 9.38 Å². The average molecular weight is 259 g/mol. The molecule has 0 amide bonds. The molecule has 0 spiro atoms. The van der Waals surface area contributed by atoms with Gasteiger partial charge in [-0.25, -0.2) is 9.78 Å². The summed E-state index contributed by atoms with van der Waals surface area (Å²) in [6, 6.07) is 3.88. The molecule has 6 heteroatoms. The molecule has 19 heavy (non-hydrogen) atoms. The van der Waals surface area contributed by atoms with Crippen LogP contribution < -0.4 is 4.90 Å². The summed E-state index contributed by atoms with van der Waals surface area (Å²) >= 11 is 0. The number of morpholine rings is 1. The van der Waals surface area contributed by atoms with Crippen molar-refractivity contribution >= 4 is 17.4 Å². The van der Waals surface area contributed by atoms with Crippen LogP contribution in [0, 0.1) is 0 Å². The molecule has 6 nitrogen and oxygen atoms in total. The number of anilines is 1. The van der Waals surface area contributed by atoms with E-state index in [1.54, 1.807) is 16.7 Å². The molecule has 2 fully saturated rings. The van der Waals surface area contributed by atoms with E-state index in [4.69, 9.17) is 9.84 Å². The van der Waals surface area contributed by atoms with Gasteiger partial charge in [-0.1, -0.05) is 0 Å². The highest BCUT2D eigenvalue weighted by atomic mass is 16.5. The minimum absolute atomic E-state index is 0.238. The highest BCUT2D eigenvalue weighted by molar-refractivity contribution is 5.94. The number of carboxylic acids is 1. The van der Waals surface area contributed by atoms with Crippen LogP contribution >= 0.6 is 0 Å². The van der Waals surface area contributed by atoms with Crippen LogP contribution in [0.25, 0.3) is 5.65 Å². The molecule has 0 saturated carbocycles. The minimum Gasteiger partial charge on any atom is -0.478 e. The summed E-state index contributed by atoms with van der Waals surface area (Å²) in [7, 11) is 0. The third kappa shape index (κ3) is 1.53. The summed E-state index contributed by atoms with van der Waals surface area (Å²) in [6.07, 6.45) is 4.92. The highest BCUT2D eigenvalue weighted by Crippen LogP contribution is 2.31. The second-order valence-corrected chi connectivity index (χ2v) is 5.05. The number of aromatic nitrogens is 2. The Morgan fingerprint density at radius 3 is 2.95 bits per heavy atom. The first-order chi connectivity index (χ1) is 9.22. The fourth-order valence-corrected chi connectivity index (χ4v) is 2.98. The standard InChI is InChI=1S/C13H13N3O3/c17-13(18)10-1-3-15-4-2-11(14-12(10)15)16-6-9-5-8(16)7-19-9/h1-4,8-9H,5-7H2,(H,17,18)/t8-,9-/m0/s1. The van der Waals surface area contributed by atoms with Crippen molar-refractivity contribution in [2.45, 2.75) is 18.6 Å². The zero-order valence-electron chi connectivity index (χ0n) is 10.2. The summed E-state index contributed by atoms with van der Waals surface area (Å²) in [5.74, 6) is -0.108. The number of hydrogen-bond acceptors (Lipinski definition) is 4. The first-order valence-electron chi connectivity index (χ1n) is 6.31. The maximum absolute atomic E-state index is 11.1. The van der Waals surface area contributed by atoms with Gasteiger partial charge in [0.1, 0.15) is 11.4 Å². The van der Waals surface area contributed by atoms with Crippen molar-refractivity contribution in [3.05, 3.63) is 30.1 Å². The van der Waals surface area contributed by atoms with Gasteiger partial charge in [0.2, 0.25) is 0 Å². The zero-order chi connectivity index (χ0) is 13.0. The van der Waals surface area contributed by atoms with Crippen LogP contribution in [-0.4, -0.2) is 45.8 Å². The van der Waals surface area contributed by atoms with E-state index in [0.29, 0.717) is 17.8 Å². The number of fused-ring (bicyclic) bond motifs is 3. The van der Waals surface area contributed by atoms with Gasteiger partial charge in [-0.3, -0.25) is 0 Å². The first kappa shape index (κ1) is 10.8. The summed E-state index contributed by atoms with van der Waals surface area (Å²) in [4.78, 5) is 17.9. The fourth-order valence-electron chi connectivity index (χ4n) is 2.98. The fraction of sp³-hybridized carbons (Fsp3) is 0.385. The lowest BCUT2D eigenvalue weighted by molar-refractivity contribution is 0.0699. The topological polar surface area (TPSA) is 67.1 Å². The summed E-state index contributed by atoms with van der Waals surface area (Å²) < 4.78 is 7.30. The molecule has 0 unspecified atom stereocenters. The Kier molecular flexibility index (Phi) is 2.11. The lowest BCUT2D eigenvalue weighted by Gasteiger charge is -2.27. The lowest BCUT2D eigenvalue weighted by atomic mass is 10.2. The van der Waals surface area contributed by atoms with Crippen molar-refractivity contribution in [2.75, 3.05) is 18.1 Å². The molecular formula is C13H13N3O3. The quantitative estimate of drug-likeness (QED) is 0.871. The molecule has 2 aliphatic heterocycles. The Hall–Kier alpha value is -2.08. The Labute approximate surface area is 109 Å². The summed E-state index contributed by atoms with van der Waals surface area (Å²) in [5.41, 5.74) is 0.733. The Morgan fingerprint density at radius 2 is 2.26 bits per heavy atom. The van der Waals surface area contributed by atoms with Crippen LogP contribution in [0.2, 0.25) is 0 Å². The van der Waals surface area contributed by atoms with Crippen molar-refractivity contribution in [1.29, 1.82) is 0 Å². The maximum Gasteiger partial charge on any atom is 0.339 e. The lowest BCUT2D eigenvalue weighted by Crippen LogP contribution is -2.37. The molecule has 2 atom stereocenters. The molecule has 0 aliphatic carbocycles. The molecular weight excluding hydrogens is 246 g/mol. The van der Waals surface area contributed by atoms with E-state index in [9.17, 15) is 4.79 Å². The average Bonchev–Trinajstić information content (AvgIpc) is 3.12. The largest absolute Gasteiger partial charge is 0.478 e. The SMILES string of the molecule is O=C(O)c1ccn2ccc(N3C[C@@H]4C[C@H]3CO4)nc12. The number of nitrogens with zero attached hydrogens (tertiary/aromatic N) is 3. The molecule has 1 N–H and O–H groups in total. The normalized spacial score (nSPS) is 25.4. The van der Waals surface area contributed by atoms with Crippen LogP contribution in [0.4, 0.5) is 5.82 Å². The third-order valence-electron chi connectivity index (χ3n) is 3.92. The van der Waals surface area contributed by atoms with E-state index in [1.807, 2.05) is 12.3 Å². The van der Waals surface area contributed by atoms with E-state index >= 15 is 0 Å². The Bertz CT molecular complexity index is 666. The van der Waals surface area contributed by atoms with Crippen molar-refractivity contribution in [3.63, 3.8) is 0 Å². The second kappa shape index (κ2) is 3.71. The number of rotatable bonds is 2. The number of hydrogen-bond donors (Lipinski definition) is 1. The molecule has 2 bridgehead atoms. The molecule has 98 valence electrons. The van der Waals surface area contributed by atoms with Gasteiger partial charge in [0.25, 0.3) is 0 Å². The van der Waals surface area contributed by atoms with Gasteiger partial charge in [0.05, 0.1) is 18.8 Å². The molecule has 2 aromatic heterocycles. The van der Waals surface area contributed by atoms with Gasteiger partial charge in [-0.2, -0.15) is 0 Å². The van der Waals surface area contributed by atoms with Crippen LogP contribution in [0.5, 0.6) is 0 Å². The van der Waals surface area contributed by atoms with Gasteiger partial charge >= 0.3 is 5.97 Å². The molecule has 4 heterocycles. The monoisotopic (exact) mass is 259 g/mol. The van der Waals surface area contributed by atoms with Crippen molar-refractivity contribution < 1.29 is 14.6 Å². The number of ether oxygens (including phenoxy) is 1. The second-order valence-electron chi connectivity index (χ2n) is 5.05. The highest BCUT2D eigenvalue weighted by Gasteiger charge is 2.39. The minimum atomic E-state index is -0.946. The number of aromatic carboxylic acids is 1. The molecule has 4 rings (SSSR count). The predicted molar refractivity (Wildman–Crippen MR) is 67.6 cm³/mol. The van der Waals surface area contributed by atoms with Gasteiger partial charge in [0, 0.05) is 18.9 Å². The number of carbonyl (C=O) groups is 1. The van der Waals surface area contributed by atoms with E-state index in [0.717, 1.165) is 25.4 Å². The van der Waals surface area contributed by atoms with Crippen LogP contribution in [0.1, 0.15) is 16.8 Å². The predicted octanol–water partition coefficient (Wildman–Crippen LogP) is 1.01. The maximum atomic E-state index is 11.1. The van der Waals surface area contributed by atoms with Gasteiger partial charge in [-0.15, -0.1) is 0 Å². The van der Waals surface area contributed by atoms with Crippen molar-refractivity contribution in [2.24, 2.45) is 0 Å². The van der Waals surface area contributed by atoms with Crippen LogP contribution in [0.3, 0.4) is 0 Å². The Morgan fingerprint density at radius 1 is 1.42 bits per heavy atom. The number of carboxylic acid groups (broad SMARTS) is 1. The molecule has 2 aromatic rings. The van der Waals surface area contributed by atoms with Crippen LogP contribution in [0.15, 0.2) is 24.5 Å². The molecule has 0 aromatic carbocycles. The van der Waals surface area contributed by atoms with Crippen LogP contribution in [-0.2, 0) is 4.74 Å². The summed E-state index contributed by atoms with van der Waals surface area (Å²) in [6.45, 7) is 1.58. The smallest absolute Gasteiger partial charge is 0.339 e. The van der Waals surface area contributed by atoms with E-state index in [-0.39, 0.29) is 5.56 Å². The van der Waals surface area contributed by atoms with E-state index in [2.05, 4.69) is 9.88 Å². The molecule has 2 aliphatic rings. The van der Waals surface area contributed by atoms with Gasteiger partial charge < -0.3 is 19.1 Å². The van der Waals surface area contributed by atoms with E-state index < -0.39 is 5.97 Å². The van der Waals surface area contributed by atoms with Gasteiger partial charge in [0.15, 0.2) is 5.65 Å². The molecule has 2 saturated heterocycles.